The summed E-state index contributed by atoms with van der Waals surface area (Å²) in [4.78, 5) is 1.51. The van der Waals surface area contributed by atoms with Crippen molar-refractivity contribution in [1.82, 2.24) is 15.0 Å². The number of rotatable bonds is 5. The lowest BCUT2D eigenvalue weighted by atomic mass is 10.1. The Morgan fingerprint density at radius 1 is 0.871 bits per heavy atom. The van der Waals surface area contributed by atoms with E-state index in [-0.39, 0.29) is 5.75 Å². The summed E-state index contributed by atoms with van der Waals surface area (Å²) in [7, 11) is 0. The van der Waals surface area contributed by atoms with Gasteiger partial charge in [-0.15, -0.1) is 10.2 Å². The topological polar surface area (TPSA) is 77.2 Å². The van der Waals surface area contributed by atoms with Crippen LogP contribution >= 0.6 is 0 Å². The van der Waals surface area contributed by atoms with Crippen molar-refractivity contribution < 1.29 is 12.9 Å². The van der Waals surface area contributed by atoms with E-state index in [1.54, 1.807) is 6.07 Å². The van der Waals surface area contributed by atoms with Gasteiger partial charge in [0.2, 0.25) is 0 Å². The number of hydrogen-bond donors (Lipinski definition) is 1. The van der Waals surface area contributed by atoms with Crippen LogP contribution in [0.25, 0.3) is 39.6 Å². The fourth-order valence-electron chi connectivity index (χ4n) is 3.45. The van der Waals surface area contributed by atoms with E-state index < -0.39 is 11.4 Å². The first kappa shape index (κ1) is 19.2. The highest BCUT2D eigenvalue weighted by Crippen LogP contribution is 2.27. The Bertz CT molecular complexity index is 1450. The molecule has 7 heteroatoms. The molecule has 6 nitrogen and oxygen atoms in total. The fourth-order valence-corrected chi connectivity index (χ4v) is 3.75. The van der Waals surface area contributed by atoms with Crippen molar-refractivity contribution in [2.24, 2.45) is 0 Å². The smallest absolute Gasteiger partial charge is 0.357 e. The maximum atomic E-state index is 11.4. The molecule has 152 valence electrons. The highest BCUT2D eigenvalue weighted by molar-refractivity contribution is 7.74. The van der Waals surface area contributed by atoms with Crippen molar-refractivity contribution in [3.63, 3.8) is 0 Å². The standard InChI is InChI=1S/C24H17N3O3S/c28-31(29)30-23-16-20(14-12-19(23)11-10-17-6-2-1-3-7-17)27-25-22-15-13-18-8-4-5-9-21(18)24(22)26-27/h1-16H,(H,28,29). The highest BCUT2D eigenvalue weighted by Gasteiger charge is 2.12. The minimum Gasteiger partial charge on any atom is -0.379 e. The zero-order chi connectivity index (χ0) is 21.2. The molecule has 0 aliphatic carbocycles. The lowest BCUT2D eigenvalue weighted by molar-refractivity contribution is 0.457. The van der Waals surface area contributed by atoms with Gasteiger partial charge in [-0.3, -0.25) is 4.55 Å². The van der Waals surface area contributed by atoms with Gasteiger partial charge in [0.05, 0.1) is 5.69 Å². The summed E-state index contributed by atoms with van der Waals surface area (Å²) in [6.07, 6.45) is 3.75. The molecule has 0 saturated carbocycles. The first-order valence-corrected chi connectivity index (χ1v) is 10.6. The van der Waals surface area contributed by atoms with Crippen LogP contribution in [0.4, 0.5) is 0 Å². The Morgan fingerprint density at radius 2 is 1.68 bits per heavy atom. The molecule has 0 aliphatic heterocycles. The number of fused-ring (bicyclic) bond motifs is 3. The molecule has 0 aliphatic rings. The Kier molecular flexibility index (Phi) is 5.03. The summed E-state index contributed by atoms with van der Waals surface area (Å²) in [6, 6.07) is 27.0. The van der Waals surface area contributed by atoms with Crippen LogP contribution in [0.1, 0.15) is 11.1 Å². The van der Waals surface area contributed by atoms with Gasteiger partial charge in [0.15, 0.2) is 5.75 Å². The van der Waals surface area contributed by atoms with Crippen LogP contribution in [0, 0.1) is 0 Å². The molecule has 0 amide bonds. The minimum atomic E-state index is -2.46. The minimum absolute atomic E-state index is 0.261. The summed E-state index contributed by atoms with van der Waals surface area (Å²) >= 11 is -2.46. The van der Waals surface area contributed by atoms with E-state index in [9.17, 15) is 8.76 Å². The molecular weight excluding hydrogens is 410 g/mol. The van der Waals surface area contributed by atoms with Crippen LogP contribution < -0.4 is 4.18 Å². The van der Waals surface area contributed by atoms with Crippen LogP contribution in [-0.2, 0) is 11.4 Å². The van der Waals surface area contributed by atoms with Crippen molar-refractivity contribution in [3.8, 4) is 11.4 Å². The molecule has 0 fully saturated rings. The SMILES string of the molecule is O=S(O)Oc1cc(-n2nc3ccc4ccccc4c3n2)ccc1C=Cc1ccccc1. The van der Waals surface area contributed by atoms with Gasteiger partial charge < -0.3 is 4.18 Å². The lowest BCUT2D eigenvalue weighted by Gasteiger charge is -2.07. The molecule has 1 unspecified atom stereocenters. The van der Waals surface area contributed by atoms with Crippen LogP contribution in [-0.4, -0.2) is 23.8 Å². The van der Waals surface area contributed by atoms with E-state index >= 15 is 0 Å². The monoisotopic (exact) mass is 427 g/mol. The molecule has 4 aromatic carbocycles. The third-order valence-corrected chi connectivity index (χ3v) is 5.24. The summed E-state index contributed by atoms with van der Waals surface area (Å²) in [5, 5.41) is 11.3. The molecular formula is C24H17N3O3S. The van der Waals surface area contributed by atoms with Crippen LogP contribution in [0.15, 0.2) is 84.9 Å². The second-order valence-electron chi connectivity index (χ2n) is 6.91. The van der Waals surface area contributed by atoms with E-state index in [1.807, 2.05) is 91.0 Å². The van der Waals surface area contributed by atoms with Gasteiger partial charge >= 0.3 is 11.4 Å². The Labute approximate surface area is 180 Å². The second kappa shape index (κ2) is 8.14. The van der Waals surface area contributed by atoms with Crippen molar-refractivity contribution >= 4 is 45.3 Å². The van der Waals surface area contributed by atoms with E-state index in [2.05, 4.69) is 10.2 Å². The zero-order valence-electron chi connectivity index (χ0n) is 16.3. The normalized spacial score (nSPS) is 12.5. The third-order valence-electron chi connectivity index (χ3n) is 4.92. The van der Waals surface area contributed by atoms with Gasteiger partial charge in [-0.25, -0.2) is 0 Å². The van der Waals surface area contributed by atoms with Gasteiger partial charge in [0.1, 0.15) is 11.0 Å². The number of hydrogen-bond acceptors (Lipinski definition) is 4. The largest absolute Gasteiger partial charge is 0.379 e. The van der Waals surface area contributed by atoms with Gasteiger partial charge in [-0.1, -0.05) is 72.8 Å². The van der Waals surface area contributed by atoms with Gasteiger partial charge in [0.25, 0.3) is 0 Å². The van der Waals surface area contributed by atoms with E-state index in [0.717, 1.165) is 27.4 Å². The predicted molar refractivity (Wildman–Crippen MR) is 123 cm³/mol. The van der Waals surface area contributed by atoms with E-state index in [1.165, 1.54) is 4.80 Å². The quantitative estimate of drug-likeness (QED) is 0.306. The molecule has 0 radical (unpaired) electrons. The second-order valence-corrected chi connectivity index (χ2v) is 7.51. The van der Waals surface area contributed by atoms with Crippen molar-refractivity contribution in [2.75, 3.05) is 0 Å². The summed E-state index contributed by atoms with van der Waals surface area (Å²) in [5.41, 5.74) is 3.85. The van der Waals surface area contributed by atoms with Gasteiger partial charge in [-0.05, 0) is 29.1 Å². The first-order chi connectivity index (χ1) is 15.2. The van der Waals surface area contributed by atoms with Crippen LogP contribution in [0.3, 0.4) is 0 Å². The summed E-state index contributed by atoms with van der Waals surface area (Å²) < 4.78 is 25.8. The molecule has 1 heterocycles. The first-order valence-electron chi connectivity index (χ1n) is 9.59. The highest BCUT2D eigenvalue weighted by atomic mass is 32.2. The molecule has 5 aromatic rings. The molecule has 0 spiro atoms. The summed E-state index contributed by atoms with van der Waals surface area (Å²) in [6.45, 7) is 0. The third kappa shape index (κ3) is 3.96. The Morgan fingerprint density at radius 3 is 2.52 bits per heavy atom. The lowest BCUT2D eigenvalue weighted by Crippen LogP contribution is -2.03. The van der Waals surface area contributed by atoms with E-state index in [4.69, 9.17) is 4.18 Å². The maximum Gasteiger partial charge on any atom is 0.357 e. The van der Waals surface area contributed by atoms with Crippen LogP contribution in [0.5, 0.6) is 5.75 Å². The zero-order valence-corrected chi connectivity index (χ0v) is 17.1. The van der Waals surface area contributed by atoms with Gasteiger partial charge in [-0.2, -0.15) is 9.01 Å². The van der Waals surface area contributed by atoms with Crippen molar-refractivity contribution in [3.05, 3.63) is 96.1 Å². The number of nitrogens with zero attached hydrogens (tertiary/aromatic N) is 3. The van der Waals surface area contributed by atoms with Crippen LogP contribution in [0.2, 0.25) is 0 Å². The maximum absolute atomic E-state index is 11.4. The van der Waals surface area contributed by atoms with E-state index in [0.29, 0.717) is 11.3 Å². The molecule has 1 atom stereocenters. The number of benzene rings is 4. The average Bonchev–Trinajstić information content (AvgIpc) is 3.23. The number of aromatic nitrogens is 3. The Balaban J connectivity index is 1.57. The van der Waals surface area contributed by atoms with Crippen molar-refractivity contribution in [2.45, 2.75) is 0 Å². The molecule has 1 aromatic heterocycles. The fraction of sp³-hybridized carbons (Fsp3) is 0. The molecule has 0 bridgehead atoms. The molecule has 31 heavy (non-hydrogen) atoms. The molecule has 5 rings (SSSR count). The summed E-state index contributed by atoms with van der Waals surface area (Å²) in [5.74, 6) is 0.261. The molecule has 0 saturated heterocycles. The van der Waals surface area contributed by atoms with Gasteiger partial charge in [0, 0.05) is 17.0 Å². The van der Waals surface area contributed by atoms with Crippen molar-refractivity contribution in [1.29, 1.82) is 0 Å². The molecule has 1 N–H and O–H groups in total. The average molecular weight is 427 g/mol. The Hall–Kier alpha value is -3.81. The predicted octanol–water partition coefficient (Wildman–Crippen LogP) is 5.26.